The first-order valence-electron chi connectivity index (χ1n) is 43.1. The number of aromatic amines is 5. The molecule has 7 aromatic carbocycles. The number of carbonyl (C=O) groups excluding carboxylic acids is 1. The Bertz CT molecular complexity index is 7290. The molecule has 5 unspecified atom stereocenters. The number of fused-ring (bicyclic) bond motifs is 5. The van der Waals surface area contributed by atoms with Crippen molar-refractivity contribution < 1.29 is 19.0 Å². The second-order valence-corrected chi connectivity index (χ2v) is 36.5. The Labute approximate surface area is 851 Å². The topological polar surface area (TPSA) is 505 Å². The van der Waals surface area contributed by atoms with Gasteiger partial charge < -0.3 is 48.2 Å². The second kappa shape index (κ2) is 50.4. The number of para-hydroxylation sites is 1. The van der Waals surface area contributed by atoms with Gasteiger partial charge in [0.25, 0.3) is 39.6 Å². The first-order chi connectivity index (χ1) is 67.1. The van der Waals surface area contributed by atoms with Crippen molar-refractivity contribution in [2.75, 3.05) is 39.8 Å². The zero-order valence-electron chi connectivity index (χ0n) is 73.7. The number of nitrogens with one attached hydrogen (secondary N) is 6. The van der Waals surface area contributed by atoms with Gasteiger partial charge in [0.2, 0.25) is 0 Å². The van der Waals surface area contributed by atoms with Crippen molar-refractivity contribution in [2.24, 2.45) is 28.7 Å². The minimum atomic E-state index is -0.919. The SMILES string of the molecule is COc1n[nH]c2cc(=O)n(CCC(CCN)c3ccc(Cl)c(Cl)c3)nc12.NCCC(CCn1nc2c(Oc3ccccc3)n[nH]c2cc1=O)c1ccc(Cl)c(Cl)c1.NCCC(CCn1nc2c(SCc3ccccc3)n[nH]c2cc1=O)c1ccc(Cl)c(Cl)c1.NCCC(NC(=S)n1nc2cn[nH]c2cc1=O)c1ccc(Cl)c(Cl)c1.NCCC(OC(=O)n1nc2cn[nH]c2cc1=O)c1ccc(Cl)c(Cl)c1. The lowest BCUT2D eigenvalue weighted by molar-refractivity contribution is 0.0914. The molecular formula is C92H90Cl10N26O9S2. The van der Waals surface area contributed by atoms with Crippen LogP contribution in [0.4, 0.5) is 4.79 Å². The van der Waals surface area contributed by atoms with Crippen LogP contribution in [0.1, 0.15) is 115 Å². The van der Waals surface area contributed by atoms with E-state index in [4.69, 9.17) is 171 Å². The number of aryl methyl sites for hydroxylation is 3. The van der Waals surface area contributed by atoms with Crippen LogP contribution in [0.5, 0.6) is 17.5 Å². The quantitative estimate of drug-likeness (QED) is 0.0138. The smallest absolute Gasteiger partial charge is 0.438 e. The zero-order chi connectivity index (χ0) is 98.9. The summed E-state index contributed by atoms with van der Waals surface area (Å²) >= 11 is 67.5. The summed E-state index contributed by atoms with van der Waals surface area (Å²) < 4.78 is 22.5. The number of nitrogens with two attached hydrogens (primary N) is 5. The van der Waals surface area contributed by atoms with E-state index >= 15 is 0 Å². The molecular weight excluding hydrogens is 2030 g/mol. The van der Waals surface area contributed by atoms with Crippen LogP contribution in [0.25, 0.3) is 55.2 Å². The van der Waals surface area contributed by atoms with E-state index in [0.29, 0.717) is 211 Å². The van der Waals surface area contributed by atoms with E-state index in [1.165, 1.54) is 63.4 Å². The highest BCUT2D eigenvalue weighted by molar-refractivity contribution is 7.98. The Balaban J connectivity index is 0.000000147. The molecule has 724 valence electrons. The van der Waals surface area contributed by atoms with Crippen molar-refractivity contribution in [1.29, 1.82) is 0 Å². The van der Waals surface area contributed by atoms with E-state index in [0.717, 1.165) is 57.0 Å². The molecule has 0 spiro atoms. The fourth-order valence-corrected chi connectivity index (χ4v) is 17.4. The molecule has 35 nitrogen and oxygen atoms in total. The van der Waals surface area contributed by atoms with Crippen molar-refractivity contribution >= 4 is 206 Å². The number of rotatable bonds is 32. The molecule has 47 heteroatoms. The number of H-pyrrole nitrogens is 5. The maximum atomic E-state index is 12.6. The molecule has 10 aromatic heterocycles. The maximum Gasteiger partial charge on any atom is 0.438 e. The lowest BCUT2D eigenvalue weighted by atomic mass is 9.92. The zero-order valence-corrected chi connectivity index (χ0v) is 82.9. The van der Waals surface area contributed by atoms with Gasteiger partial charge in [0, 0.05) is 62.1 Å². The van der Waals surface area contributed by atoms with Gasteiger partial charge in [-0.2, -0.15) is 45.5 Å². The maximum absolute atomic E-state index is 12.6. The molecule has 16 N–H and O–H groups in total. The third-order valence-corrected chi connectivity index (χ3v) is 26.8. The van der Waals surface area contributed by atoms with E-state index in [-0.39, 0.29) is 57.7 Å². The highest BCUT2D eigenvalue weighted by Gasteiger charge is 2.26. The lowest BCUT2D eigenvalue weighted by Gasteiger charge is -2.20. The number of halogens is 10. The minimum absolute atomic E-state index is 0.119. The van der Waals surface area contributed by atoms with Crippen LogP contribution >= 0.6 is 140 Å². The molecule has 5 atom stereocenters. The Morgan fingerprint density at radius 1 is 0.403 bits per heavy atom. The van der Waals surface area contributed by atoms with Gasteiger partial charge in [-0.15, -0.1) is 14.9 Å². The normalized spacial score (nSPS) is 12.3. The van der Waals surface area contributed by atoms with Crippen LogP contribution in [-0.4, -0.2) is 151 Å². The van der Waals surface area contributed by atoms with E-state index in [9.17, 15) is 28.8 Å². The molecule has 0 aliphatic carbocycles. The molecule has 10 heterocycles. The molecule has 0 saturated carbocycles. The van der Waals surface area contributed by atoms with Gasteiger partial charge in [-0.25, -0.2) is 18.8 Å². The number of thioether (sulfide) groups is 1. The molecule has 0 aliphatic rings. The monoisotopic (exact) mass is 2120 g/mol. The number of ether oxygens (including phenoxy) is 3. The van der Waals surface area contributed by atoms with Crippen molar-refractivity contribution in [3.8, 4) is 17.5 Å². The summed E-state index contributed by atoms with van der Waals surface area (Å²) in [6.45, 7) is 3.58. The molecule has 0 saturated heterocycles. The number of hydrogen-bond acceptors (Lipinski definition) is 26. The Morgan fingerprint density at radius 3 is 1.24 bits per heavy atom. The minimum Gasteiger partial charge on any atom is -0.478 e. The van der Waals surface area contributed by atoms with Crippen LogP contribution in [0, 0.1) is 0 Å². The van der Waals surface area contributed by atoms with E-state index in [1.54, 1.807) is 66.4 Å². The number of methoxy groups -OCH3 is 1. The second-order valence-electron chi connectivity index (χ2n) is 31.1. The number of carbonyl (C=O) groups is 1. The largest absolute Gasteiger partial charge is 0.478 e. The third kappa shape index (κ3) is 27.7. The van der Waals surface area contributed by atoms with Crippen molar-refractivity contribution in [3.05, 3.63) is 330 Å². The van der Waals surface area contributed by atoms with Crippen LogP contribution in [0.2, 0.25) is 50.2 Å². The van der Waals surface area contributed by atoms with Crippen molar-refractivity contribution in [1.82, 2.24) is 105 Å². The number of nitrogens with zero attached hydrogens (tertiary/aromatic N) is 15. The number of hydrogen-bond donors (Lipinski definition) is 11. The molecule has 0 bridgehead atoms. The summed E-state index contributed by atoms with van der Waals surface area (Å²) in [5, 5.41) is 64.2. The van der Waals surface area contributed by atoms with Gasteiger partial charge in [0.1, 0.15) is 33.4 Å². The molecule has 139 heavy (non-hydrogen) atoms. The van der Waals surface area contributed by atoms with Crippen LogP contribution < -0.4 is 71.3 Å². The van der Waals surface area contributed by atoms with Gasteiger partial charge in [0.05, 0.1) is 103 Å². The average molecular weight is 2120 g/mol. The van der Waals surface area contributed by atoms with Gasteiger partial charge >= 0.3 is 6.09 Å². The van der Waals surface area contributed by atoms with Gasteiger partial charge in [-0.3, -0.25) is 49.5 Å². The van der Waals surface area contributed by atoms with Crippen molar-refractivity contribution in [2.45, 2.75) is 112 Å². The van der Waals surface area contributed by atoms with E-state index in [1.807, 2.05) is 91.0 Å². The predicted octanol–water partition coefficient (Wildman–Crippen LogP) is 17.7. The molecule has 17 rings (SSSR count). The number of aromatic nitrogens is 20. The van der Waals surface area contributed by atoms with Crippen LogP contribution in [-0.2, 0) is 30.1 Å². The van der Waals surface area contributed by atoms with E-state index in [2.05, 4.69) is 93.9 Å². The first-order valence-corrected chi connectivity index (χ1v) is 48.3. The number of thiocarbonyl (C=S) groups is 1. The third-order valence-electron chi connectivity index (χ3n) is 21.8. The highest BCUT2D eigenvalue weighted by Crippen LogP contribution is 2.37. The van der Waals surface area contributed by atoms with Crippen LogP contribution in [0.3, 0.4) is 0 Å². The molecule has 0 radical (unpaired) electrons. The number of benzene rings is 7. The van der Waals surface area contributed by atoms with E-state index < -0.39 is 17.8 Å². The predicted molar refractivity (Wildman–Crippen MR) is 551 cm³/mol. The molecule has 17 aromatic rings. The summed E-state index contributed by atoms with van der Waals surface area (Å²) in [6.07, 6.45) is 6.59. The van der Waals surface area contributed by atoms with Crippen LogP contribution in [0.15, 0.2) is 223 Å². The van der Waals surface area contributed by atoms with Gasteiger partial charge in [-0.05, 0) is 214 Å². The fraction of sp³-hybridized carbons (Fsp3) is 0.250. The molecule has 0 fully saturated rings. The summed E-state index contributed by atoms with van der Waals surface area (Å²) in [7, 11) is 1.51. The first kappa shape index (κ1) is 105. The standard InChI is InChI=1S/C23H23Cl2N5OS.C22H21Cl2N5O2.C17H19Cl2N5O2.C15H14Cl2N6OS.C15H13Cl2N5O3/c24-18-7-6-17(12-19(18)25)16(8-10-26)9-11-30-21(31)13-20-22(29-30)23(28-27-20)32-14-15-4-2-1-3-5-15;23-17-7-6-15(12-18(17)24)14(8-10-25)9-11-29-20(30)13-19-21(28-29)22(27-26-19)31-16-4-2-1-3-5-16;1-26-17-16-14(21-22-17)9-15(25)24(23-16)7-5-10(4-6-20)11-2-3-12(18)13(19)8-11;16-9-2-1-8(5-10(9)17)11(3-4-18)20-15(25)23-14(24)6-12-13(22-23)7-19-21-12;16-9-2-1-8(5-10(9)17)13(3-4-18)25-15(24)22-14(23)6-11-12(21-22)7-19-20-11/h1-7,12-13,16,27H,8-11,14,26H2;1-7,12-14,26H,8-11,25H2;2-3,8-10,21H,4-7,20H2,1H3;1-2,5-7,11,21H,3-4,18H2,(H,20,25);1-2,5-7,13,20H,3-4,18H2. The van der Waals surface area contributed by atoms with Crippen molar-refractivity contribution in [3.63, 3.8) is 0 Å². The Kier molecular flexibility index (Phi) is 38.0. The highest BCUT2D eigenvalue weighted by atomic mass is 35.5. The Hall–Kier alpha value is -11.7. The summed E-state index contributed by atoms with van der Waals surface area (Å²) in [4.78, 5) is 74.1. The average Bonchev–Trinajstić information content (AvgIpc) is 1.65. The Morgan fingerprint density at radius 2 is 0.784 bits per heavy atom. The summed E-state index contributed by atoms with van der Waals surface area (Å²) in [5.41, 5.74) is 38.2. The molecule has 0 aliphatic heterocycles. The van der Waals surface area contributed by atoms with Gasteiger partial charge in [-0.1, -0.05) is 207 Å². The lowest BCUT2D eigenvalue weighted by Crippen LogP contribution is -2.39. The summed E-state index contributed by atoms with van der Waals surface area (Å²) in [5.74, 6) is 2.50. The van der Waals surface area contributed by atoms with Gasteiger partial charge in [0.15, 0.2) is 16.1 Å². The summed E-state index contributed by atoms with van der Waals surface area (Å²) in [6, 6.07) is 53.2. The molecule has 0 amide bonds. The fourth-order valence-electron chi connectivity index (χ4n) is 14.7.